The van der Waals surface area contributed by atoms with E-state index in [0.717, 1.165) is 70.6 Å². The fraction of sp³-hybridized carbons (Fsp3) is 0.792. The second-order valence-electron chi connectivity index (χ2n) is 24.1. The van der Waals surface area contributed by atoms with Crippen molar-refractivity contribution in [3.8, 4) is 0 Å². The normalized spacial score (nSPS) is 13.1. The van der Waals surface area contributed by atoms with E-state index in [1.165, 1.54) is 212 Å². The van der Waals surface area contributed by atoms with Crippen LogP contribution in [0.4, 0.5) is 0 Å². The van der Waals surface area contributed by atoms with Crippen molar-refractivity contribution >= 4 is 17.9 Å². The summed E-state index contributed by atoms with van der Waals surface area (Å²) in [5.74, 6) is -1.99. The molecule has 0 saturated heterocycles. The number of esters is 2. The smallest absolute Gasteiger partial charge is 0.361 e. The highest BCUT2D eigenvalue weighted by molar-refractivity contribution is 5.71. The number of aliphatic carboxylic acids is 1. The molecule has 81 heavy (non-hydrogen) atoms. The Kier molecular flexibility index (Phi) is 60.2. The highest BCUT2D eigenvalue weighted by Gasteiger charge is 2.25. The number of hydrogen-bond acceptors (Lipinski definition) is 7. The van der Waals surface area contributed by atoms with Crippen LogP contribution >= 0.6 is 0 Å². The summed E-state index contributed by atoms with van der Waals surface area (Å²) in [6.45, 7) is 4.79. The van der Waals surface area contributed by atoms with Gasteiger partial charge in [-0.1, -0.05) is 286 Å². The summed E-state index contributed by atoms with van der Waals surface area (Å²) >= 11 is 0. The number of quaternary nitrogens is 1. The monoisotopic (exact) mass is 1140 g/mol. The molecule has 0 rings (SSSR count). The lowest BCUT2D eigenvalue weighted by atomic mass is 10.0. The van der Waals surface area contributed by atoms with Crippen LogP contribution in [-0.2, 0) is 33.3 Å². The molecule has 1 N–H and O–H groups in total. The zero-order valence-electron chi connectivity index (χ0n) is 53.7. The maximum Gasteiger partial charge on any atom is 0.361 e. The lowest BCUT2D eigenvalue weighted by Gasteiger charge is -2.25. The van der Waals surface area contributed by atoms with Gasteiger partial charge in [-0.2, -0.15) is 0 Å². The van der Waals surface area contributed by atoms with Gasteiger partial charge in [0.1, 0.15) is 13.2 Å². The molecule has 470 valence electrons. The number of hydrogen-bond donors (Lipinski definition) is 1. The second-order valence-corrected chi connectivity index (χ2v) is 24.1. The van der Waals surface area contributed by atoms with Gasteiger partial charge in [0, 0.05) is 12.8 Å². The van der Waals surface area contributed by atoms with Gasteiger partial charge in [0.05, 0.1) is 34.4 Å². The SMILES string of the molecule is CC/C=C\C/C=C\C/C=C\C/C=C\CCCCCCCCCCCCCCCCC(=O)OC(COC(=O)CCCCCCCCCCCCCCCCCCC/C=C\C/C=C\CCCCCCC)COC(OCC[N+](C)(C)C)C(=O)O. The number of ether oxygens (including phenoxy) is 4. The molecule has 0 amide bonds. The van der Waals surface area contributed by atoms with Gasteiger partial charge < -0.3 is 28.5 Å². The number of carboxylic acids is 1. The molecule has 9 heteroatoms. The molecule has 0 aromatic heterocycles. The van der Waals surface area contributed by atoms with Crippen molar-refractivity contribution in [3.63, 3.8) is 0 Å². The van der Waals surface area contributed by atoms with E-state index in [1.807, 2.05) is 21.1 Å². The lowest BCUT2D eigenvalue weighted by Crippen LogP contribution is -2.40. The van der Waals surface area contributed by atoms with E-state index in [1.54, 1.807) is 0 Å². The molecular weight excluding hydrogens is 1010 g/mol. The minimum absolute atomic E-state index is 0.181. The highest BCUT2D eigenvalue weighted by Crippen LogP contribution is 2.18. The van der Waals surface area contributed by atoms with E-state index in [4.69, 9.17) is 18.9 Å². The third kappa shape index (κ3) is 64.1. The second kappa shape index (κ2) is 62.8. The first-order valence-electron chi connectivity index (χ1n) is 34.1. The van der Waals surface area contributed by atoms with Crippen LogP contribution in [0.3, 0.4) is 0 Å². The van der Waals surface area contributed by atoms with E-state index in [-0.39, 0.29) is 32.2 Å². The molecule has 0 aliphatic heterocycles. The van der Waals surface area contributed by atoms with Crippen molar-refractivity contribution in [2.24, 2.45) is 0 Å². The van der Waals surface area contributed by atoms with Crippen LogP contribution in [0.2, 0.25) is 0 Å². The summed E-state index contributed by atoms with van der Waals surface area (Å²) < 4.78 is 23.0. The number of allylic oxidation sites excluding steroid dienone is 12. The fourth-order valence-corrected chi connectivity index (χ4v) is 9.74. The standard InChI is InChI=1S/C72H129NO8/c1-6-8-10-12-14-16-18-20-22-24-26-28-30-32-34-35-37-38-40-42-44-46-48-50-52-54-56-58-60-62-69(74)79-66-68(67-80-72(71(76)77)78-65-64-73(3,4)5)81-70(75)63-61-59-57-55-53-51-49-47-45-43-41-39-36-33-31-29-27-25-23-21-19-17-15-13-11-9-7-2/h9,11,15,17-18,20-21,23-24,26-27,29,68,72H,6-8,10,12-14,16,19,22,25,28,30-67H2,1-5H3/p+1/b11-9-,17-15-,20-18-,23-21-,26-24-,29-27-. The van der Waals surface area contributed by atoms with E-state index < -0.39 is 24.3 Å². The maximum absolute atomic E-state index is 12.9. The predicted octanol–water partition coefficient (Wildman–Crippen LogP) is 20.9. The topological polar surface area (TPSA) is 108 Å². The quantitative estimate of drug-likeness (QED) is 0.0211. The summed E-state index contributed by atoms with van der Waals surface area (Å²) in [4.78, 5) is 37.6. The Morgan fingerprint density at radius 2 is 0.704 bits per heavy atom. The first kappa shape index (κ1) is 77.7. The Balaban J connectivity index is 4.11. The average Bonchev–Trinajstić information content (AvgIpc) is 3.44. The van der Waals surface area contributed by atoms with Crippen LogP contribution in [0.1, 0.15) is 309 Å². The molecule has 9 nitrogen and oxygen atoms in total. The minimum atomic E-state index is -1.51. The first-order valence-corrected chi connectivity index (χ1v) is 34.1. The van der Waals surface area contributed by atoms with Gasteiger partial charge in [-0.15, -0.1) is 0 Å². The van der Waals surface area contributed by atoms with Gasteiger partial charge in [0.25, 0.3) is 6.29 Å². The van der Waals surface area contributed by atoms with Crippen molar-refractivity contribution in [3.05, 3.63) is 72.9 Å². The van der Waals surface area contributed by atoms with E-state index in [2.05, 4.69) is 86.8 Å². The average molecular weight is 1140 g/mol. The lowest BCUT2D eigenvalue weighted by molar-refractivity contribution is -0.870. The Hall–Kier alpha value is -3.27. The van der Waals surface area contributed by atoms with Crippen LogP contribution in [0.15, 0.2) is 72.9 Å². The predicted molar refractivity (Wildman–Crippen MR) is 346 cm³/mol. The van der Waals surface area contributed by atoms with Gasteiger partial charge in [-0.25, -0.2) is 4.79 Å². The summed E-state index contributed by atoms with van der Waals surface area (Å²) in [5.41, 5.74) is 0. The Morgan fingerprint density at radius 1 is 0.383 bits per heavy atom. The summed E-state index contributed by atoms with van der Waals surface area (Å²) in [5, 5.41) is 9.74. The summed E-state index contributed by atoms with van der Waals surface area (Å²) in [7, 11) is 5.98. The van der Waals surface area contributed by atoms with E-state index >= 15 is 0 Å². The molecule has 0 spiro atoms. The molecule has 0 aliphatic rings. The largest absolute Gasteiger partial charge is 0.477 e. The van der Waals surface area contributed by atoms with Gasteiger partial charge in [0.15, 0.2) is 6.10 Å². The molecule has 0 fully saturated rings. The van der Waals surface area contributed by atoms with Gasteiger partial charge >= 0.3 is 17.9 Å². The van der Waals surface area contributed by atoms with Crippen molar-refractivity contribution in [2.75, 3.05) is 47.5 Å². The molecule has 0 aliphatic carbocycles. The number of nitrogens with zero attached hydrogens (tertiary/aromatic N) is 1. The molecule has 0 heterocycles. The summed E-state index contributed by atoms with van der Waals surface area (Å²) in [6, 6.07) is 0. The Bertz CT molecular complexity index is 1560. The summed E-state index contributed by atoms with van der Waals surface area (Å²) in [6.07, 6.45) is 80.1. The number of likely N-dealkylation sites (N-methyl/N-ethyl adjacent to an activating group) is 1. The third-order valence-corrected chi connectivity index (χ3v) is 14.9. The third-order valence-electron chi connectivity index (χ3n) is 14.9. The zero-order chi connectivity index (χ0) is 59.1. The number of rotatable bonds is 63. The van der Waals surface area contributed by atoms with Crippen molar-refractivity contribution < 1.29 is 42.9 Å². The molecule has 0 saturated carbocycles. The number of carboxylic acid groups (broad SMARTS) is 1. The first-order chi connectivity index (χ1) is 39.6. The van der Waals surface area contributed by atoms with E-state index in [0.29, 0.717) is 17.4 Å². The Labute approximate surface area is 500 Å². The fourth-order valence-electron chi connectivity index (χ4n) is 9.74. The van der Waals surface area contributed by atoms with Crippen LogP contribution in [0, 0.1) is 0 Å². The minimum Gasteiger partial charge on any atom is -0.477 e. The molecule has 0 aromatic carbocycles. The number of carbonyl (C=O) groups is 3. The van der Waals surface area contributed by atoms with Crippen molar-refractivity contribution in [1.29, 1.82) is 0 Å². The van der Waals surface area contributed by atoms with Crippen LogP contribution in [-0.4, -0.2) is 87.4 Å². The Morgan fingerprint density at radius 3 is 1.05 bits per heavy atom. The molecule has 0 aromatic rings. The van der Waals surface area contributed by atoms with Crippen LogP contribution in [0.5, 0.6) is 0 Å². The maximum atomic E-state index is 12.9. The highest BCUT2D eigenvalue weighted by atomic mass is 16.7. The van der Waals surface area contributed by atoms with Crippen molar-refractivity contribution in [2.45, 2.75) is 322 Å². The van der Waals surface area contributed by atoms with Crippen LogP contribution < -0.4 is 0 Å². The van der Waals surface area contributed by atoms with Gasteiger partial charge in [-0.3, -0.25) is 9.59 Å². The molecule has 2 atom stereocenters. The van der Waals surface area contributed by atoms with E-state index in [9.17, 15) is 19.5 Å². The molecule has 2 unspecified atom stereocenters. The van der Waals surface area contributed by atoms with Gasteiger partial charge in [0.2, 0.25) is 0 Å². The van der Waals surface area contributed by atoms with Crippen LogP contribution in [0.25, 0.3) is 0 Å². The molecule has 0 bridgehead atoms. The number of carbonyl (C=O) groups excluding carboxylic acids is 2. The zero-order valence-corrected chi connectivity index (χ0v) is 53.7. The number of unbranched alkanes of at least 4 members (excludes halogenated alkanes) is 36. The van der Waals surface area contributed by atoms with Crippen molar-refractivity contribution in [1.82, 2.24) is 0 Å². The molecule has 0 radical (unpaired) electrons. The molecular formula is C72H130NO8+. The van der Waals surface area contributed by atoms with Gasteiger partial charge in [-0.05, 0) is 83.5 Å².